The van der Waals surface area contributed by atoms with Crippen LogP contribution in [-0.4, -0.2) is 77.9 Å². The van der Waals surface area contributed by atoms with E-state index in [9.17, 15) is 9.18 Å². The van der Waals surface area contributed by atoms with Gasteiger partial charge in [-0.15, -0.1) is 5.10 Å². The molecule has 3 aromatic rings. The molecule has 0 bridgehead atoms. The number of aromatic nitrogens is 3. The second-order valence-corrected chi connectivity index (χ2v) is 9.19. The minimum atomic E-state index is -0.260. The Labute approximate surface area is 190 Å². The molecule has 4 heterocycles. The van der Waals surface area contributed by atoms with Gasteiger partial charge in [0.1, 0.15) is 5.82 Å². The lowest BCUT2D eigenvalue weighted by Crippen LogP contribution is -2.44. The molecule has 0 aliphatic carbocycles. The zero-order valence-corrected chi connectivity index (χ0v) is 18.7. The highest BCUT2D eigenvalue weighted by Gasteiger charge is 2.27. The van der Waals surface area contributed by atoms with Crippen LogP contribution in [0, 0.1) is 11.7 Å². The van der Waals surface area contributed by atoms with Crippen molar-refractivity contribution in [3.63, 3.8) is 0 Å². The molecule has 1 aromatic carbocycles. The molecule has 10 heteroatoms. The third kappa shape index (κ3) is 4.77. The Morgan fingerprint density at radius 3 is 2.62 bits per heavy atom. The van der Waals surface area contributed by atoms with E-state index in [0.717, 1.165) is 80.1 Å². The molecule has 0 unspecified atom stereocenters. The molecule has 0 atom stereocenters. The van der Waals surface area contributed by atoms with Crippen molar-refractivity contribution < 1.29 is 13.9 Å². The summed E-state index contributed by atoms with van der Waals surface area (Å²) in [6.45, 7) is 6.63. The molecule has 2 aliphatic heterocycles. The molecule has 2 aromatic heterocycles. The minimum absolute atomic E-state index is 0.0602. The van der Waals surface area contributed by atoms with Crippen molar-refractivity contribution in [2.75, 3.05) is 57.4 Å². The van der Waals surface area contributed by atoms with Gasteiger partial charge in [-0.2, -0.15) is 0 Å². The van der Waals surface area contributed by atoms with Gasteiger partial charge in [-0.3, -0.25) is 9.69 Å². The molecule has 2 saturated heterocycles. The summed E-state index contributed by atoms with van der Waals surface area (Å²) >= 11 is 1.54. The van der Waals surface area contributed by atoms with E-state index in [-0.39, 0.29) is 17.6 Å². The molecule has 32 heavy (non-hydrogen) atoms. The Balaban J connectivity index is 1.12. The number of morpholine rings is 1. The topological polar surface area (TPSA) is 75.0 Å². The molecule has 0 radical (unpaired) electrons. The van der Waals surface area contributed by atoms with Crippen LogP contribution in [0.2, 0.25) is 0 Å². The summed E-state index contributed by atoms with van der Waals surface area (Å²) in [4.78, 5) is 22.6. The number of amides is 1. The SMILES string of the molecule is O=C(NCCN1CCOCC1)C1CCN(c2nn3cc(-c4ccc(F)cc4)nc3s2)CC1. The number of ether oxygens (including phenoxy) is 1. The molecule has 2 fully saturated rings. The third-order valence-electron chi connectivity index (χ3n) is 6.14. The Morgan fingerprint density at radius 1 is 1.16 bits per heavy atom. The Hall–Kier alpha value is -2.56. The maximum atomic E-state index is 13.1. The van der Waals surface area contributed by atoms with E-state index < -0.39 is 0 Å². The van der Waals surface area contributed by atoms with Crippen molar-refractivity contribution in [3.8, 4) is 11.3 Å². The molecule has 1 N–H and O–H groups in total. The summed E-state index contributed by atoms with van der Waals surface area (Å²) in [6.07, 6.45) is 3.52. The maximum absolute atomic E-state index is 13.1. The van der Waals surface area contributed by atoms with Gasteiger partial charge in [0.2, 0.25) is 16.0 Å². The van der Waals surface area contributed by atoms with Gasteiger partial charge in [-0.25, -0.2) is 13.9 Å². The fourth-order valence-corrected chi connectivity index (χ4v) is 5.15. The van der Waals surface area contributed by atoms with Crippen molar-refractivity contribution >= 4 is 27.3 Å². The van der Waals surface area contributed by atoms with Crippen LogP contribution in [-0.2, 0) is 9.53 Å². The average molecular weight is 459 g/mol. The van der Waals surface area contributed by atoms with E-state index >= 15 is 0 Å². The summed E-state index contributed by atoms with van der Waals surface area (Å²) in [5.74, 6) is -0.0368. The quantitative estimate of drug-likeness (QED) is 0.611. The van der Waals surface area contributed by atoms with Gasteiger partial charge in [0.15, 0.2) is 0 Å². The van der Waals surface area contributed by atoms with Crippen molar-refractivity contribution in [2.45, 2.75) is 12.8 Å². The summed E-state index contributed by atoms with van der Waals surface area (Å²) < 4.78 is 20.3. The second-order valence-electron chi connectivity index (χ2n) is 8.25. The van der Waals surface area contributed by atoms with Gasteiger partial charge in [-0.05, 0) is 37.1 Å². The van der Waals surface area contributed by atoms with Gasteiger partial charge in [0.25, 0.3) is 0 Å². The first kappa shape index (κ1) is 21.3. The first-order valence-corrected chi connectivity index (χ1v) is 11.9. The normalized spacial score (nSPS) is 18.3. The number of rotatable bonds is 6. The van der Waals surface area contributed by atoms with Crippen LogP contribution < -0.4 is 10.2 Å². The maximum Gasteiger partial charge on any atom is 0.223 e. The molecule has 5 rings (SSSR count). The van der Waals surface area contributed by atoms with Crippen LogP contribution in [0.3, 0.4) is 0 Å². The molecule has 0 saturated carbocycles. The molecular weight excluding hydrogens is 431 g/mol. The minimum Gasteiger partial charge on any atom is -0.379 e. The first-order chi connectivity index (χ1) is 15.7. The number of carbonyl (C=O) groups is 1. The monoisotopic (exact) mass is 458 g/mol. The van der Waals surface area contributed by atoms with Crippen LogP contribution in [0.15, 0.2) is 30.5 Å². The van der Waals surface area contributed by atoms with E-state index in [1.165, 1.54) is 23.5 Å². The number of imidazole rings is 1. The van der Waals surface area contributed by atoms with Crippen LogP contribution in [0.1, 0.15) is 12.8 Å². The highest BCUT2D eigenvalue weighted by molar-refractivity contribution is 7.20. The molecular formula is C22H27FN6O2S. The van der Waals surface area contributed by atoms with Crippen LogP contribution >= 0.6 is 11.3 Å². The lowest BCUT2D eigenvalue weighted by Gasteiger charge is -2.31. The summed E-state index contributed by atoms with van der Waals surface area (Å²) in [7, 11) is 0. The highest BCUT2D eigenvalue weighted by atomic mass is 32.1. The predicted molar refractivity (Wildman–Crippen MR) is 121 cm³/mol. The Morgan fingerprint density at radius 2 is 1.91 bits per heavy atom. The van der Waals surface area contributed by atoms with Crippen LogP contribution in [0.25, 0.3) is 16.2 Å². The van der Waals surface area contributed by atoms with Gasteiger partial charge in [0, 0.05) is 50.7 Å². The number of carbonyl (C=O) groups excluding carboxylic acids is 1. The Kier molecular flexibility index (Phi) is 6.33. The van der Waals surface area contributed by atoms with Gasteiger partial charge in [0.05, 0.1) is 25.1 Å². The number of benzene rings is 1. The second kappa shape index (κ2) is 9.51. The fraction of sp³-hybridized carbons (Fsp3) is 0.500. The molecule has 0 spiro atoms. The lowest BCUT2D eigenvalue weighted by atomic mass is 9.96. The van der Waals surface area contributed by atoms with Crippen LogP contribution in [0.5, 0.6) is 0 Å². The van der Waals surface area contributed by atoms with E-state index in [1.54, 1.807) is 16.6 Å². The summed E-state index contributed by atoms with van der Waals surface area (Å²) in [6, 6.07) is 6.31. The predicted octanol–water partition coefficient (Wildman–Crippen LogP) is 2.26. The number of nitrogens with one attached hydrogen (secondary N) is 1. The average Bonchev–Trinajstić information content (AvgIpc) is 3.40. The van der Waals surface area contributed by atoms with Crippen LogP contribution in [0.4, 0.5) is 9.52 Å². The van der Waals surface area contributed by atoms with Crippen molar-refractivity contribution in [1.29, 1.82) is 0 Å². The highest BCUT2D eigenvalue weighted by Crippen LogP contribution is 2.29. The van der Waals surface area contributed by atoms with Crippen molar-refractivity contribution in [3.05, 3.63) is 36.3 Å². The molecule has 2 aliphatic rings. The lowest BCUT2D eigenvalue weighted by molar-refractivity contribution is -0.125. The van der Waals surface area contributed by atoms with E-state index in [4.69, 9.17) is 4.74 Å². The van der Waals surface area contributed by atoms with Gasteiger partial charge < -0.3 is 15.0 Å². The number of hydrogen-bond acceptors (Lipinski definition) is 7. The smallest absolute Gasteiger partial charge is 0.223 e. The zero-order valence-electron chi connectivity index (χ0n) is 17.9. The number of halogens is 1. The number of anilines is 1. The molecule has 1 amide bonds. The number of hydrogen-bond donors (Lipinski definition) is 1. The summed E-state index contributed by atoms with van der Waals surface area (Å²) in [5.41, 5.74) is 1.65. The summed E-state index contributed by atoms with van der Waals surface area (Å²) in [5, 5.41) is 8.71. The molecule has 170 valence electrons. The largest absolute Gasteiger partial charge is 0.379 e. The van der Waals surface area contributed by atoms with E-state index in [2.05, 4.69) is 25.2 Å². The zero-order chi connectivity index (χ0) is 21.9. The van der Waals surface area contributed by atoms with Gasteiger partial charge in [-0.1, -0.05) is 11.3 Å². The number of nitrogens with zero attached hydrogens (tertiary/aromatic N) is 5. The standard InChI is InChI=1S/C22H27FN6O2S/c23-18-3-1-16(2-4-18)19-15-29-21(25-19)32-22(26-29)28-8-5-17(6-9-28)20(30)24-7-10-27-11-13-31-14-12-27/h1-4,15,17H,5-14H2,(H,24,30). The molecule has 8 nitrogen and oxygen atoms in total. The van der Waals surface area contributed by atoms with Gasteiger partial charge >= 0.3 is 0 Å². The van der Waals surface area contributed by atoms with E-state index in [1.807, 2.05) is 6.20 Å². The van der Waals surface area contributed by atoms with Crippen molar-refractivity contribution in [1.82, 2.24) is 24.8 Å². The number of fused-ring (bicyclic) bond motifs is 1. The Bertz CT molecular complexity index is 1020. The number of piperidine rings is 1. The fourth-order valence-electron chi connectivity index (χ4n) is 4.22. The third-order valence-corrected chi connectivity index (χ3v) is 7.12. The first-order valence-electron chi connectivity index (χ1n) is 11.1. The van der Waals surface area contributed by atoms with Crippen molar-refractivity contribution in [2.24, 2.45) is 5.92 Å². The van der Waals surface area contributed by atoms with E-state index in [0.29, 0.717) is 6.54 Å².